The first kappa shape index (κ1) is 26.2. The second-order valence-electron chi connectivity index (χ2n) is 8.47. The standard InChI is InChI=1S/C26H26BNO8S/c1-17-10-13-21(14-11-17)37(31,32)28-24(26(30)36-27(28)20-8-6-5-7-9-20)18(2)35-25(29)19-12-15-22(33-3)23(16-19)34-4/h5-16,18,24H,1-4H3/t18-,24-/m0/s1. The van der Waals surface area contributed by atoms with E-state index in [2.05, 4.69) is 0 Å². The lowest BCUT2D eigenvalue weighted by Crippen LogP contribution is -2.54. The molecule has 11 heteroatoms. The van der Waals surface area contributed by atoms with E-state index in [0.717, 1.165) is 9.78 Å². The lowest BCUT2D eigenvalue weighted by Gasteiger charge is -2.27. The van der Waals surface area contributed by atoms with Gasteiger partial charge in [-0.15, -0.1) is 0 Å². The van der Waals surface area contributed by atoms with Crippen LogP contribution in [-0.4, -0.2) is 58.0 Å². The summed E-state index contributed by atoms with van der Waals surface area (Å²) in [4.78, 5) is 26.0. The number of rotatable bonds is 8. The van der Waals surface area contributed by atoms with Gasteiger partial charge in [0.25, 0.3) is 0 Å². The zero-order chi connectivity index (χ0) is 26.7. The molecular weight excluding hydrogens is 497 g/mol. The van der Waals surface area contributed by atoms with Gasteiger partial charge in [0.05, 0.1) is 24.7 Å². The Kier molecular flexibility index (Phi) is 7.56. The van der Waals surface area contributed by atoms with Crippen molar-refractivity contribution in [2.45, 2.75) is 30.9 Å². The molecule has 0 bridgehead atoms. The molecule has 4 rings (SSSR count). The van der Waals surface area contributed by atoms with Crippen LogP contribution in [0, 0.1) is 6.92 Å². The summed E-state index contributed by atoms with van der Waals surface area (Å²) in [5.41, 5.74) is 1.48. The van der Waals surface area contributed by atoms with Crippen molar-refractivity contribution in [3.05, 3.63) is 83.9 Å². The van der Waals surface area contributed by atoms with Crippen LogP contribution in [0.25, 0.3) is 0 Å². The van der Waals surface area contributed by atoms with E-state index in [4.69, 9.17) is 18.9 Å². The van der Waals surface area contributed by atoms with E-state index in [1.807, 2.05) is 6.92 Å². The molecule has 3 aromatic carbocycles. The summed E-state index contributed by atoms with van der Waals surface area (Å²) < 4.78 is 50.2. The molecule has 0 aliphatic carbocycles. The zero-order valence-corrected chi connectivity index (χ0v) is 21.6. The van der Waals surface area contributed by atoms with Crippen LogP contribution in [-0.2, 0) is 24.2 Å². The number of benzene rings is 3. The summed E-state index contributed by atoms with van der Waals surface area (Å²) in [6.45, 7) is 3.29. The van der Waals surface area contributed by atoms with Gasteiger partial charge in [-0.2, -0.15) is 4.22 Å². The van der Waals surface area contributed by atoms with Crippen molar-refractivity contribution in [2.24, 2.45) is 0 Å². The van der Waals surface area contributed by atoms with Crippen LogP contribution in [0.15, 0.2) is 77.7 Å². The van der Waals surface area contributed by atoms with Crippen LogP contribution in [0.5, 0.6) is 11.5 Å². The fourth-order valence-electron chi connectivity index (χ4n) is 4.08. The van der Waals surface area contributed by atoms with Gasteiger partial charge in [0.1, 0.15) is 6.10 Å². The molecule has 0 radical (unpaired) electrons. The summed E-state index contributed by atoms with van der Waals surface area (Å²) in [7, 11) is -2.57. The van der Waals surface area contributed by atoms with E-state index in [9.17, 15) is 18.0 Å². The minimum absolute atomic E-state index is 0.0132. The highest BCUT2D eigenvalue weighted by Crippen LogP contribution is 2.31. The number of ether oxygens (including phenoxy) is 3. The molecule has 0 saturated carbocycles. The zero-order valence-electron chi connectivity index (χ0n) is 20.8. The number of aryl methyl sites for hydroxylation is 1. The Morgan fingerprint density at radius 3 is 2.24 bits per heavy atom. The maximum Gasteiger partial charge on any atom is 0.502 e. The van der Waals surface area contributed by atoms with Crippen LogP contribution in [0.4, 0.5) is 0 Å². The minimum atomic E-state index is -4.24. The first-order chi connectivity index (χ1) is 17.7. The van der Waals surface area contributed by atoms with Crippen molar-refractivity contribution < 1.29 is 36.9 Å². The molecule has 0 spiro atoms. The molecule has 1 aliphatic heterocycles. The fraction of sp³-hybridized carbons (Fsp3) is 0.231. The molecule has 1 fully saturated rings. The molecule has 9 nitrogen and oxygen atoms in total. The van der Waals surface area contributed by atoms with E-state index < -0.39 is 41.2 Å². The van der Waals surface area contributed by atoms with Gasteiger partial charge in [-0.25, -0.2) is 13.2 Å². The first-order valence-corrected chi connectivity index (χ1v) is 12.9. The molecule has 1 heterocycles. The van der Waals surface area contributed by atoms with Gasteiger partial charge in [-0.1, -0.05) is 48.0 Å². The lowest BCUT2D eigenvalue weighted by molar-refractivity contribution is -0.136. The van der Waals surface area contributed by atoms with Crippen molar-refractivity contribution in [1.82, 2.24) is 4.22 Å². The average Bonchev–Trinajstić information content (AvgIpc) is 3.27. The highest BCUT2D eigenvalue weighted by atomic mass is 32.2. The number of hydrogen-bond donors (Lipinski definition) is 0. The Morgan fingerprint density at radius 2 is 1.62 bits per heavy atom. The summed E-state index contributed by atoms with van der Waals surface area (Å²) >= 11 is 0. The number of carbonyl (C=O) groups excluding carboxylic acids is 2. The normalized spacial score (nSPS) is 16.7. The summed E-state index contributed by atoms with van der Waals surface area (Å²) in [6, 6.07) is 17.8. The van der Waals surface area contributed by atoms with Crippen LogP contribution < -0.4 is 14.9 Å². The van der Waals surface area contributed by atoms with Crippen molar-refractivity contribution in [3.8, 4) is 11.5 Å². The Morgan fingerprint density at radius 1 is 0.973 bits per heavy atom. The molecular formula is C26H26BNO8S. The minimum Gasteiger partial charge on any atom is -0.514 e. The third-order valence-electron chi connectivity index (χ3n) is 6.01. The summed E-state index contributed by atoms with van der Waals surface area (Å²) in [6.07, 6.45) is -1.18. The van der Waals surface area contributed by atoms with Gasteiger partial charge in [-0.05, 0) is 49.6 Å². The monoisotopic (exact) mass is 523 g/mol. The molecule has 0 amide bonds. The smallest absolute Gasteiger partial charge is 0.502 e. The van der Waals surface area contributed by atoms with E-state index in [1.54, 1.807) is 48.5 Å². The number of sulfonamides is 1. The highest BCUT2D eigenvalue weighted by molar-refractivity contribution is 7.90. The molecule has 192 valence electrons. The molecule has 2 atom stereocenters. The lowest BCUT2D eigenvalue weighted by atomic mass is 9.74. The molecule has 0 N–H and O–H groups in total. The Balaban J connectivity index is 1.70. The summed E-state index contributed by atoms with van der Waals surface area (Å²) in [5, 5.41) is 0. The van der Waals surface area contributed by atoms with Gasteiger partial charge < -0.3 is 18.9 Å². The highest BCUT2D eigenvalue weighted by Gasteiger charge is 2.56. The van der Waals surface area contributed by atoms with E-state index in [0.29, 0.717) is 17.0 Å². The van der Waals surface area contributed by atoms with Gasteiger partial charge in [0, 0.05) is 0 Å². The van der Waals surface area contributed by atoms with Crippen LogP contribution >= 0.6 is 0 Å². The second-order valence-corrected chi connectivity index (χ2v) is 10.3. The van der Waals surface area contributed by atoms with Crippen molar-refractivity contribution in [3.63, 3.8) is 0 Å². The topological polar surface area (TPSA) is 108 Å². The SMILES string of the molecule is COc1ccc(C(=O)O[C@@H](C)[C@H]2C(=O)OB(c3ccccc3)N2S(=O)(=O)c2ccc(C)cc2)cc1OC. The van der Waals surface area contributed by atoms with Gasteiger partial charge in [-0.3, -0.25) is 4.79 Å². The predicted molar refractivity (Wildman–Crippen MR) is 136 cm³/mol. The number of esters is 1. The van der Waals surface area contributed by atoms with Crippen molar-refractivity contribution in [2.75, 3.05) is 14.2 Å². The largest absolute Gasteiger partial charge is 0.514 e. The number of nitrogens with zero attached hydrogens (tertiary/aromatic N) is 1. The summed E-state index contributed by atoms with van der Waals surface area (Å²) in [5.74, 6) is -0.848. The molecule has 0 aromatic heterocycles. The molecule has 3 aromatic rings. The third-order valence-corrected chi connectivity index (χ3v) is 7.85. The van der Waals surface area contributed by atoms with Gasteiger partial charge in [0.15, 0.2) is 17.5 Å². The Labute approximate surface area is 216 Å². The quantitative estimate of drug-likeness (QED) is 0.328. The third kappa shape index (κ3) is 5.18. The second kappa shape index (κ2) is 10.7. The average molecular weight is 523 g/mol. The predicted octanol–water partition coefficient (Wildman–Crippen LogP) is 2.57. The first-order valence-electron chi connectivity index (χ1n) is 11.5. The Hall–Kier alpha value is -3.83. The molecule has 1 saturated heterocycles. The maximum atomic E-state index is 13.8. The number of carbonyl (C=O) groups is 2. The van der Waals surface area contributed by atoms with Gasteiger partial charge in [0.2, 0.25) is 10.0 Å². The van der Waals surface area contributed by atoms with Crippen molar-refractivity contribution >= 4 is 34.5 Å². The van der Waals surface area contributed by atoms with E-state index >= 15 is 0 Å². The van der Waals surface area contributed by atoms with Crippen LogP contribution in [0.1, 0.15) is 22.8 Å². The maximum absolute atomic E-state index is 13.8. The fourth-order valence-corrected chi connectivity index (χ4v) is 5.78. The number of hydrogen-bond acceptors (Lipinski definition) is 8. The molecule has 0 unspecified atom stereocenters. The van der Waals surface area contributed by atoms with E-state index in [1.165, 1.54) is 45.4 Å². The molecule has 37 heavy (non-hydrogen) atoms. The molecule has 1 aliphatic rings. The number of methoxy groups -OCH3 is 2. The van der Waals surface area contributed by atoms with Crippen LogP contribution in [0.3, 0.4) is 0 Å². The van der Waals surface area contributed by atoms with E-state index in [-0.39, 0.29) is 10.5 Å². The van der Waals surface area contributed by atoms with Crippen LogP contribution in [0.2, 0.25) is 0 Å². The van der Waals surface area contributed by atoms with Crippen molar-refractivity contribution in [1.29, 1.82) is 0 Å². The van der Waals surface area contributed by atoms with Gasteiger partial charge >= 0.3 is 19.0 Å². The Bertz CT molecular complexity index is 1400.